The van der Waals surface area contributed by atoms with Gasteiger partial charge in [0.15, 0.2) is 0 Å². The minimum Gasteiger partial charge on any atom is -0.310 e. The van der Waals surface area contributed by atoms with Gasteiger partial charge in [-0.05, 0) is 127 Å². The van der Waals surface area contributed by atoms with Crippen LogP contribution < -0.4 is 26.2 Å². The maximum atomic E-state index is 2.67. The molecule has 0 amide bonds. The molecule has 2 aliphatic rings. The van der Waals surface area contributed by atoms with Crippen molar-refractivity contribution < 1.29 is 0 Å². The normalized spacial score (nSPS) is 13.8. The van der Waals surface area contributed by atoms with E-state index in [1.165, 1.54) is 113 Å². The van der Waals surface area contributed by atoms with Gasteiger partial charge < -0.3 is 14.4 Å². The Morgan fingerprint density at radius 3 is 1.61 bits per heavy atom. The quantitative estimate of drug-likeness (QED) is 0.163. The minimum absolute atomic E-state index is 0.0114. The first-order chi connectivity index (χ1) is 34.2. The van der Waals surface area contributed by atoms with Crippen molar-refractivity contribution in [1.82, 2.24) is 4.57 Å². The Kier molecular flexibility index (Phi) is 9.72. The zero-order valence-electron chi connectivity index (χ0n) is 43.7. The van der Waals surface area contributed by atoms with Crippen LogP contribution in [0.3, 0.4) is 0 Å². The van der Waals surface area contributed by atoms with Crippen LogP contribution in [0.1, 0.15) is 105 Å². The van der Waals surface area contributed by atoms with E-state index in [0.29, 0.717) is 0 Å². The van der Waals surface area contributed by atoms with Crippen molar-refractivity contribution in [2.24, 2.45) is 0 Å². The van der Waals surface area contributed by atoms with Crippen LogP contribution in [-0.4, -0.2) is 11.3 Å². The maximum Gasteiger partial charge on any atom is 0.252 e. The molecule has 0 fully saturated rings. The summed E-state index contributed by atoms with van der Waals surface area (Å²) in [6.45, 7) is 27.9. The number of thiophene rings is 2. The Morgan fingerprint density at radius 2 is 0.944 bits per heavy atom. The number of hydrogen-bond acceptors (Lipinski definition) is 4. The van der Waals surface area contributed by atoms with Gasteiger partial charge in [-0.3, -0.25) is 0 Å². The van der Waals surface area contributed by atoms with Crippen LogP contribution in [0.5, 0.6) is 0 Å². The summed E-state index contributed by atoms with van der Waals surface area (Å²) in [5, 5.41) is 5.28. The molecule has 0 saturated carbocycles. The molecule has 8 aromatic carbocycles. The third-order valence-electron chi connectivity index (χ3n) is 15.8. The van der Waals surface area contributed by atoms with Crippen LogP contribution in [0.15, 0.2) is 158 Å². The second-order valence-electron chi connectivity index (χ2n) is 24.7. The molecule has 0 aliphatic carbocycles. The van der Waals surface area contributed by atoms with E-state index in [1.807, 2.05) is 22.7 Å². The van der Waals surface area contributed by atoms with E-state index in [9.17, 15) is 0 Å². The third kappa shape index (κ3) is 6.81. The lowest BCUT2D eigenvalue weighted by Gasteiger charge is -2.42. The Hall–Kier alpha value is -6.60. The molecule has 5 heterocycles. The molecule has 0 unspecified atom stereocenters. The summed E-state index contributed by atoms with van der Waals surface area (Å²) in [6.07, 6.45) is 0. The maximum absolute atomic E-state index is 2.67. The van der Waals surface area contributed by atoms with Crippen LogP contribution in [0.25, 0.3) is 57.1 Å². The first-order valence-electron chi connectivity index (χ1n) is 25.8. The van der Waals surface area contributed by atoms with Crippen LogP contribution in [0.4, 0.5) is 34.1 Å². The molecule has 3 aromatic heterocycles. The number of fused-ring (bicyclic) bond motifs is 12. The van der Waals surface area contributed by atoms with E-state index in [0.717, 1.165) is 17.1 Å². The van der Waals surface area contributed by atoms with E-state index in [4.69, 9.17) is 0 Å². The van der Waals surface area contributed by atoms with E-state index in [2.05, 4.69) is 255 Å². The molecule has 0 spiro atoms. The van der Waals surface area contributed by atoms with Crippen LogP contribution >= 0.6 is 22.7 Å². The van der Waals surface area contributed by atoms with Crippen LogP contribution in [0, 0.1) is 0 Å². The van der Waals surface area contributed by atoms with Gasteiger partial charge in [0.25, 0.3) is 6.71 Å². The van der Waals surface area contributed by atoms with Crippen molar-refractivity contribution in [3.8, 4) is 5.69 Å². The predicted octanol–water partition coefficient (Wildman–Crippen LogP) is 17.6. The molecule has 0 saturated heterocycles. The Labute approximate surface area is 433 Å². The number of aromatic nitrogens is 1. The smallest absolute Gasteiger partial charge is 0.252 e. The standard InChI is InChI=1S/C66H62BN3S2/c1-63(2,3)39-23-28-43(29-24-39)68(44-30-25-40(26-31-44)64(4,5)6)45-32-34-50-53(38-45)69(52-21-16-18-47-46-33-27-41(65(7,8)9)37-57(46)72-61(47)52)54-35-42(66(10,11)12)36-55-58(54)67(50)51-20-15-19-49-59(51)70(55)60-48-17-13-14-22-56(48)71-62(49)60/h13-38H,1-12H3. The Balaban J connectivity index is 1.14. The van der Waals surface area contributed by atoms with Gasteiger partial charge in [-0.15, -0.1) is 22.7 Å². The van der Waals surface area contributed by atoms with Crippen molar-refractivity contribution in [3.05, 3.63) is 180 Å². The summed E-state index contributed by atoms with van der Waals surface area (Å²) in [4.78, 5) is 5.15. The second kappa shape index (κ2) is 15.5. The molecule has 13 rings (SSSR count). The lowest BCUT2D eigenvalue weighted by atomic mass is 9.33. The van der Waals surface area contributed by atoms with Gasteiger partial charge in [-0.25, -0.2) is 0 Å². The highest BCUT2D eigenvalue weighted by Gasteiger charge is 2.44. The highest BCUT2D eigenvalue weighted by Crippen LogP contribution is 2.51. The van der Waals surface area contributed by atoms with Gasteiger partial charge in [-0.1, -0.05) is 174 Å². The molecule has 2 aliphatic heterocycles. The molecule has 72 heavy (non-hydrogen) atoms. The molecule has 0 atom stereocenters. The highest BCUT2D eigenvalue weighted by atomic mass is 32.1. The van der Waals surface area contributed by atoms with Crippen molar-refractivity contribution in [3.63, 3.8) is 0 Å². The van der Waals surface area contributed by atoms with Crippen LogP contribution in [-0.2, 0) is 21.7 Å². The number of anilines is 6. The van der Waals surface area contributed by atoms with Gasteiger partial charge in [0.2, 0.25) is 0 Å². The zero-order valence-corrected chi connectivity index (χ0v) is 45.4. The number of nitrogens with zero attached hydrogens (tertiary/aromatic N) is 3. The fourth-order valence-electron chi connectivity index (χ4n) is 11.8. The molecular formula is C66H62BN3S2. The molecule has 0 N–H and O–H groups in total. The van der Waals surface area contributed by atoms with E-state index < -0.39 is 0 Å². The fourth-order valence-corrected chi connectivity index (χ4v) is 14.3. The summed E-state index contributed by atoms with van der Waals surface area (Å²) in [6, 6.07) is 61.4. The molecule has 6 heteroatoms. The van der Waals surface area contributed by atoms with Gasteiger partial charge in [0.05, 0.1) is 26.1 Å². The molecular weight excluding hydrogens is 910 g/mol. The first-order valence-corrected chi connectivity index (χ1v) is 27.4. The number of para-hydroxylation sites is 1. The summed E-state index contributed by atoms with van der Waals surface area (Å²) < 4.78 is 8.00. The average Bonchev–Trinajstić information content (AvgIpc) is 4.02. The molecule has 0 bridgehead atoms. The summed E-state index contributed by atoms with van der Waals surface area (Å²) in [5.41, 5.74) is 20.4. The van der Waals surface area contributed by atoms with Gasteiger partial charge in [0.1, 0.15) is 0 Å². The average molecular weight is 972 g/mol. The van der Waals surface area contributed by atoms with E-state index in [1.54, 1.807) is 0 Å². The predicted molar refractivity (Wildman–Crippen MR) is 318 cm³/mol. The molecule has 3 nitrogen and oxygen atoms in total. The molecule has 356 valence electrons. The Morgan fingerprint density at radius 1 is 0.375 bits per heavy atom. The lowest BCUT2D eigenvalue weighted by molar-refractivity contribution is 0.590. The first kappa shape index (κ1) is 45.3. The van der Waals surface area contributed by atoms with Crippen molar-refractivity contribution in [2.75, 3.05) is 9.80 Å². The zero-order chi connectivity index (χ0) is 50.0. The number of rotatable bonds is 4. The number of hydrogen-bond donors (Lipinski definition) is 0. The molecule has 0 radical (unpaired) electrons. The van der Waals surface area contributed by atoms with E-state index >= 15 is 0 Å². The van der Waals surface area contributed by atoms with Gasteiger partial charge in [0, 0.05) is 65.1 Å². The van der Waals surface area contributed by atoms with Gasteiger partial charge >= 0.3 is 0 Å². The largest absolute Gasteiger partial charge is 0.310 e. The fraction of sp³-hybridized carbons (Fsp3) is 0.242. The lowest BCUT2D eigenvalue weighted by Crippen LogP contribution is -2.60. The highest BCUT2D eigenvalue weighted by molar-refractivity contribution is 7.27. The van der Waals surface area contributed by atoms with Crippen molar-refractivity contribution in [1.29, 1.82) is 0 Å². The van der Waals surface area contributed by atoms with Gasteiger partial charge in [-0.2, -0.15) is 0 Å². The molecule has 11 aromatic rings. The minimum atomic E-state index is -0.129. The third-order valence-corrected chi connectivity index (χ3v) is 18.2. The second-order valence-corrected chi connectivity index (χ2v) is 26.8. The summed E-state index contributed by atoms with van der Waals surface area (Å²) in [7, 11) is 0. The van der Waals surface area contributed by atoms with Crippen molar-refractivity contribution in [2.45, 2.75) is 105 Å². The monoisotopic (exact) mass is 971 g/mol. The number of benzene rings is 8. The topological polar surface area (TPSA) is 11.4 Å². The van der Waals surface area contributed by atoms with E-state index in [-0.39, 0.29) is 28.4 Å². The van der Waals surface area contributed by atoms with Crippen molar-refractivity contribution >= 4 is 131 Å². The summed E-state index contributed by atoms with van der Waals surface area (Å²) in [5.74, 6) is 0. The Bertz CT molecular complexity index is 3970. The SMILES string of the molecule is CC(C)(C)c1ccc(N(c2ccc(C(C)(C)C)cc2)c2ccc3c(c2)N(c2cccc4c2sc2cc(C(C)(C)C)ccc24)c2cc(C(C)(C)C)cc4c2B3c2cccc3c5sc6ccccc6c5n-4c23)cc1. The summed E-state index contributed by atoms with van der Waals surface area (Å²) >= 11 is 3.88. The van der Waals surface area contributed by atoms with Crippen LogP contribution in [0.2, 0.25) is 0 Å².